The zero-order valence-electron chi connectivity index (χ0n) is 9.59. The minimum Gasteiger partial charge on any atom is -0.481 e. The summed E-state index contributed by atoms with van der Waals surface area (Å²) in [6.07, 6.45) is -2.19. The van der Waals surface area contributed by atoms with E-state index >= 15 is 0 Å². The van der Waals surface area contributed by atoms with Crippen molar-refractivity contribution in [2.24, 2.45) is 17.3 Å². The standard InChI is InChI=1S/C11H14F3NO3/c12-11(13,14)8(16)15-5-10(9(17)18)4-6-1-2-7(10)3-6/h6-7H,1-5H2,(H,15,16)(H,17,18). The van der Waals surface area contributed by atoms with Crippen LogP contribution in [-0.2, 0) is 9.59 Å². The second-order valence-corrected chi connectivity index (χ2v) is 5.22. The maximum atomic E-state index is 12.1. The summed E-state index contributed by atoms with van der Waals surface area (Å²) in [4.78, 5) is 22.1. The topological polar surface area (TPSA) is 66.4 Å². The van der Waals surface area contributed by atoms with Gasteiger partial charge in [0.15, 0.2) is 0 Å². The fraction of sp³-hybridized carbons (Fsp3) is 0.818. The van der Waals surface area contributed by atoms with Gasteiger partial charge in [-0.25, -0.2) is 0 Å². The zero-order valence-corrected chi connectivity index (χ0v) is 9.59. The first-order valence-corrected chi connectivity index (χ1v) is 5.84. The predicted molar refractivity (Wildman–Crippen MR) is 54.6 cm³/mol. The van der Waals surface area contributed by atoms with Crippen LogP contribution in [0.4, 0.5) is 13.2 Å². The quantitative estimate of drug-likeness (QED) is 0.813. The SMILES string of the molecule is O=C(NCC1(C(=O)O)CC2CCC1C2)C(F)(F)F. The molecule has 2 N–H and O–H groups in total. The van der Waals surface area contributed by atoms with Crippen LogP contribution in [0.5, 0.6) is 0 Å². The molecule has 2 rings (SSSR count). The summed E-state index contributed by atoms with van der Waals surface area (Å²) in [6.45, 7) is -0.429. The van der Waals surface area contributed by atoms with E-state index in [0.717, 1.165) is 19.3 Å². The van der Waals surface area contributed by atoms with E-state index in [1.807, 2.05) is 0 Å². The highest BCUT2D eigenvalue weighted by molar-refractivity contribution is 5.83. The Bertz CT molecular complexity index is 382. The number of fused-ring (bicyclic) bond motifs is 2. The van der Waals surface area contributed by atoms with Gasteiger partial charge in [-0.1, -0.05) is 6.42 Å². The molecule has 3 atom stereocenters. The molecule has 0 aromatic carbocycles. The molecule has 4 nitrogen and oxygen atoms in total. The number of hydrogen-bond donors (Lipinski definition) is 2. The van der Waals surface area contributed by atoms with E-state index in [0.29, 0.717) is 6.42 Å². The van der Waals surface area contributed by atoms with Gasteiger partial charge in [0.2, 0.25) is 0 Å². The van der Waals surface area contributed by atoms with Gasteiger partial charge < -0.3 is 10.4 Å². The maximum absolute atomic E-state index is 12.1. The molecule has 0 saturated heterocycles. The second-order valence-electron chi connectivity index (χ2n) is 5.22. The van der Waals surface area contributed by atoms with E-state index < -0.39 is 30.0 Å². The highest BCUT2D eigenvalue weighted by atomic mass is 19.4. The summed E-state index contributed by atoms with van der Waals surface area (Å²) in [5.41, 5.74) is -1.20. The number of alkyl halides is 3. The van der Waals surface area contributed by atoms with Crippen molar-refractivity contribution in [2.45, 2.75) is 31.9 Å². The van der Waals surface area contributed by atoms with E-state index in [9.17, 15) is 27.9 Å². The molecular weight excluding hydrogens is 251 g/mol. The van der Waals surface area contributed by atoms with Crippen molar-refractivity contribution < 1.29 is 27.9 Å². The number of nitrogens with one attached hydrogen (secondary N) is 1. The lowest BCUT2D eigenvalue weighted by atomic mass is 9.73. The minimum atomic E-state index is -4.96. The first-order chi connectivity index (χ1) is 8.25. The smallest absolute Gasteiger partial charge is 0.471 e. The maximum Gasteiger partial charge on any atom is 0.471 e. The van der Waals surface area contributed by atoms with Gasteiger partial charge in [0.25, 0.3) is 0 Å². The molecule has 0 heterocycles. The van der Waals surface area contributed by atoms with E-state index in [2.05, 4.69) is 0 Å². The van der Waals surface area contributed by atoms with E-state index in [1.54, 1.807) is 5.32 Å². The van der Waals surface area contributed by atoms with Crippen LogP contribution in [0, 0.1) is 17.3 Å². The lowest BCUT2D eigenvalue weighted by molar-refractivity contribution is -0.175. The molecule has 2 saturated carbocycles. The number of amides is 1. The van der Waals surface area contributed by atoms with Gasteiger partial charge in [0.05, 0.1) is 5.41 Å². The van der Waals surface area contributed by atoms with Crippen LogP contribution in [-0.4, -0.2) is 29.7 Å². The number of carboxylic acid groups (broad SMARTS) is 1. The first-order valence-electron chi connectivity index (χ1n) is 5.84. The number of hydrogen-bond acceptors (Lipinski definition) is 2. The van der Waals surface area contributed by atoms with Crippen LogP contribution in [0.3, 0.4) is 0 Å². The summed E-state index contributed by atoms with van der Waals surface area (Å²) in [5.74, 6) is -3.01. The van der Waals surface area contributed by atoms with Gasteiger partial charge in [-0.15, -0.1) is 0 Å². The molecule has 7 heteroatoms. The lowest BCUT2D eigenvalue weighted by Crippen LogP contribution is -2.49. The molecule has 102 valence electrons. The Hall–Kier alpha value is -1.27. The molecule has 0 spiro atoms. The highest BCUT2D eigenvalue weighted by Crippen LogP contribution is 2.55. The van der Waals surface area contributed by atoms with Crippen LogP contribution >= 0.6 is 0 Å². The van der Waals surface area contributed by atoms with Crippen LogP contribution in [0.2, 0.25) is 0 Å². The van der Waals surface area contributed by atoms with E-state index in [4.69, 9.17) is 0 Å². The molecule has 2 aliphatic carbocycles. The van der Waals surface area contributed by atoms with Gasteiger partial charge in [-0.05, 0) is 31.1 Å². The summed E-state index contributed by atoms with van der Waals surface area (Å²) in [5, 5.41) is 11.0. The van der Waals surface area contributed by atoms with Crippen LogP contribution in [0.1, 0.15) is 25.7 Å². The molecule has 18 heavy (non-hydrogen) atoms. The summed E-state index contributed by atoms with van der Waals surface area (Å²) in [7, 11) is 0. The number of rotatable bonds is 3. The van der Waals surface area contributed by atoms with Crippen molar-refractivity contribution >= 4 is 11.9 Å². The van der Waals surface area contributed by atoms with Crippen molar-refractivity contribution in [2.75, 3.05) is 6.54 Å². The fourth-order valence-electron chi connectivity index (χ4n) is 3.34. The lowest BCUT2D eigenvalue weighted by Gasteiger charge is -2.33. The molecular formula is C11H14F3NO3. The average molecular weight is 265 g/mol. The first kappa shape index (κ1) is 13.2. The highest BCUT2D eigenvalue weighted by Gasteiger charge is 2.56. The summed E-state index contributed by atoms with van der Waals surface area (Å²) < 4.78 is 36.2. The Morgan fingerprint density at radius 2 is 2.00 bits per heavy atom. The molecule has 2 aliphatic rings. The normalized spacial score (nSPS) is 34.6. The van der Waals surface area contributed by atoms with Crippen molar-refractivity contribution in [1.29, 1.82) is 0 Å². The monoisotopic (exact) mass is 265 g/mol. The molecule has 0 aromatic heterocycles. The van der Waals surface area contributed by atoms with Crippen molar-refractivity contribution in [1.82, 2.24) is 5.32 Å². The number of carbonyl (C=O) groups excluding carboxylic acids is 1. The number of carboxylic acids is 1. The Kier molecular flexibility index (Phi) is 3.03. The zero-order chi connectivity index (χ0) is 13.6. The molecule has 0 aliphatic heterocycles. The molecule has 2 bridgehead atoms. The molecule has 0 radical (unpaired) electrons. The van der Waals surface area contributed by atoms with Crippen LogP contribution < -0.4 is 5.32 Å². The fourth-order valence-corrected chi connectivity index (χ4v) is 3.34. The third kappa shape index (κ3) is 2.06. The van der Waals surface area contributed by atoms with E-state index in [-0.39, 0.29) is 11.8 Å². The summed E-state index contributed by atoms with van der Waals surface area (Å²) >= 11 is 0. The average Bonchev–Trinajstić information content (AvgIpc) is 2.84. The van der Waals surface area contributed by atoms with Crippen molar-refractivity contribution in [3.63, 3.8) is 0 Å². The number of carbonyl (C=O) groups is 2. The van der Waals surface area contributed by atoms with Gasteiger partial charge in [0, 0.05) is 6.54 Å². The number of aliphatic carboxylic acids is 1. The Morgan fingerprint density at radius 3 is 2.39 bits per heavy atom. The van der Waals surface area contributed by atoms with Crippen molar-refractivity contribution in [3.05, 3.63) is 0 Å². The van der Waals surface area contributed by atoms with Crippen molar-refractivity contribution in [3.8, 4) is 0 Å². The Balaban J connectivity index is 2.05. The van der Waals surface area contributed by atoms with Gasteiger partial charge >= 0.3 is 18.1 Å². The largest absolute Gasteiger partial charge is 0.481 e. The van der Waals surface area contributed by atoms with Gasteiger partial charge in [-0.3, -0.25) is 9.59 Å². The van der Waals surface area contributed by atoms with Gasteiger partial charge in [-0.2, -0.15) is 13.2 Å². The van der Waals surface area contributed by atoms with Crippen LogP contribution in [0.25, 0.3) is 0 Å². The minimum absolute atomic E-state index is 0.117. The third-order valence-electron chi connectivity index (χ3n) is 4.22. The van der Waals surface area contributed by atoms with Gasteiger partial charge in [0.1, 0.15) is 0 Å². The third-order valence-corrected chi connectivity index (χ3v) is 4.22. The Morgan fingerprint density at radius 1 is 1.33 bits per heavy atom. The second kappa shape index (κ2) is 4.13. The predicted octanol–water partition coefficient (Wildman–Crippen LogP) is 1.56. The van der Waals surface area contributed by atoms with Crippen LogP contribution in [0.15, 0.2) is 0 Å². The Labute approximate surface area is 102 Å². The summed E-state index contributed by atoms with van der Waals surface area (Å²) in [6, 6.07) is 0. The molecule has 2 fully saturated rings. The molecule has 3 unspecified atom stereocenters. The number of halogens is 3. The molecule has 1 amide bonds. The van der Waals surface area contributed by atoms with E-state index in [1.165, 1.54) is 0 Å². The molecule has 0 aromatic rings.